The van der Waals surface area contributed by atoms with Gasteiger partial charge in [-0.15, -0.1) is 0 Å². The molecule has 1 aromatic carbocycles. The van der Waals surface area contributed by atoms with Crippen LogP contribution in [0.25, 0.3) is 0 Å². The molecule has 0 atom stereocenters. The summed E-state index contributed by atoms with van der Waals surface area (Å²) in [5.74, 6) is 1.29. The summed E-state index contributed by atoms with van der Waals surface area (Å²) in [5, 5.41) is 1.05. The van der Waals surface area contributed by atoms with E-state index in [0.29, 0.717) is 22.6 Å². The first-order valence-electron chi connectivity index (χ1n) is 4.90. The molecule has 90 valence electrons. The van der Waals surface area contributed by atoms with Crippen molar-refractivity contribution < 1.29 is 9.47 Å². The number of thiazole rings is 1. The fourth-order valence-corrected chi connectivity index (χ4v) is 2.44. The standard InChI is InChI=1S/C11H9BrClNO2S/c1-2-15-7-3-4-9(8(13)5-7)16-11-14-6-10(12)17-11/h3-6H,2H2,1H3. The molecule has 0 aliphatic rings. The number of rotatable bonds is 4. The third-order valence-electron chi connectivity index (χ3n) is 1.87. The van der Waals surface area contributed by atoms with Crippen molar-refractivity contribution in [3.05, 3.63) is 33.2 Å². The quantitative estimate of drug-likeness (QED) is 0.808. The smallest absolute Gasteiger partial charge is 0.279 e. The van der Waals surface area contributed by atoms with Crippen LogP contribution in [-0.4, -0.2) is 11.6 Å². The molecule has 0 saturated heterocycles. The van der Waals surface area contributed by atoms with Crippen LogP contribution in [0.2, 0.25) is 5.02 Å². The van der Waals surface area contributed by atoms with Crippen molar-refractivity contribution in [3.63, 3.8) is 0 Å². The van der Waals surface area contributed by atoms with E-state index in [1.807, 2.05) is 13.0 Å². The van der Waals surface area contributed by atoms with Crippen molar-refractivity contribution in [2.75, 3.05) is 6.61 Å². The van der Waals surface area contributed by atoms with Crippen molar-refractivity contribution >= 4 is 38.9 Å². The Morgan fingerprint density at radius 2 is 2.29 bits per heavy atom. The largest absolute Gasteiger partial charge is 0.494 e. The average Bonchev–Trinajstić information content (AvgIpc) is 2.69. The van der Waals surface area contributed by atoms with Gasteiger partial charge in [0.1, 0.15) is 11.5 Å². The summed E-state index contributed by atoms with van der Waals surface area (Å²) < 4.78 is 11.8. The molecule has 6 heteroatoms. The maximum atomic E-state index is 6.08. The maximum Gasteiger partial charge on any atom is 0.279 e. The number of hydrogen-bond acceptors (Lipinski definition) is 4. The summed E-state index contributed by atoms with van der Waals surface area (Å²) in [6, 6.07) is 5.30. The average molecular weight is 335 g/mol. The molecule has 0 aliphatic carbocycles. The van der Waals surface area contributed by atoms with Gasteiger partial charge in [0.15, 0.2) is 0 Å². The Labute approximate surface area is 116 Å². The fraction of sp³-hybridized carbons (Fsp3) is 0.182. The first-order valence-corrected chi connectivity index (χ1v) is 6.89. The van der Waals surface area contributed by atoms with E-state index < -0.39 is 0 Å². The SMILES string of the molecule is CCOc1ccc(Oc2ncc(Br)s2)c(Cl)c1. The monoisotopic (exact) mass is 333 g/mol. The molecule has 0 bridgehead atoms. The van der Waals surface area contributed by atoms with E-state index >= 15 is 0 Å². The van der Waals surface area contributed by atoms with Crippen LogP contribution in [0.3, 0.4) is 0 Å². The van der Waals surface area contributed by atoms with E-state index in [2.05, 4.69) is 20.9 Å². The molecular formula is C11H9BrClNO2S. The van der Waals surface area contributed by atoms with Gasteiger partial charge in [0.25, 0.3) is 5.19 Å². The Bertz CT molecular complexity index is 518. The highest BCUT2D eigenvalue weighted by Gasteiger charge is 2.07. The molecule has 1 aromatic heterocycles. The van der Waals surface area contributed by atoms with Gasteiger partial charge in [-0.05, 0) is 35.0 Å². The molecule has 2 aromatic rings. The van der Waals surface area contributed by atoms with E-state index in [0.717, 1.165) is 9.54 Å². The molecule has 0 aliphatic heterocycles. The molecule has 0 saturated carbocycles. The minimum absolute atomic E-state index is 0.502. The summed E-state index contributed by atoms with van der Waals surface area (Å²) >= 11 is 10.8. The predicted molar refractivity (Wildman–Crippen MR) is 72.5 cm³/mol. The molecule has 0 amide bonds. The Kier molecular flexibility index (Phi) is 4.25. The first-order chi connectivity index (χ1) is 8.19. The van der Waals surface area contributed by atoms with Crippen molar-refractivity contribution in [1.82, 2.24) is 4.98 Å². The molecule has 0 radical (unpaired) electrons. The highest BCUT2D eigenvalue weighted by molar-refractivity contribution is 9.11. The number of nitrogens with zero attached hydrogens (tertiary/aromatic N) is 1. The van der Waals surface area contributed by atoms with Crippen molar-refractivity contribution in [2.45, 2.75) is 6.92 Å². The lowest BCUT2D eigenvalue weighted by Gasteiger charge is -2.07. The Balaban J connectivity index is 2.16. The molecule has 0 spiro atoms. The van der Waals surface area contributed by atoms with Crippen molar-refractivity contribution in [1.29, 1.82) is 0 Å². The molecule has 0 unspecified atom stereocenters. The third-order valence-corrected chi connectivity index (χ3v) is 3.52. The number of benzene rings is 1. The number of ether oxygens (including phenoxy) is 2. The Morgan fingerprint density at radius 1 is 1.47 bits per heavy atom. The lowest BCUT2D eigenvalue weighted by Crippen LogP contribution is -1.91. The van der Waals surface area contributed by atoms with E-state index in [1.54, 1.807) is 18.3 Å². The van der Waals surface area contributed by atoms with Crippen LogP contribution < -0.4 is 9.47 Å². The zero-order valence-corrected chi connectivity index (χ0v) is 12.1. The lowest BCUT2D eigenvalue weighted by molar-refractivity contribution is 0.339. The van der Waals surface area contributed by atoms with E-state index in [4.69, 9.17) is 21.1 Å². The molecule has 3 nitrogen and oxygen atoms in total. The van der Waals surface area contributed by atoms with E-state index in [1.165, 1.54) is 11.3 Å². The number of aromatic nitrogens is 1. The van der Waals surface area contributed by atoms with Gasteiger partial charge in [-0.2, -0.15) is 0 Å². The van der Waals surface area contributed by atoms with Gasteiger partial charge in [0, 0.05) is 6.07 Å². The maximum absolute atomic E-state index is 6.08. The van der Waals surface area contributed by atoms with Crippen LogP contribution >= 0.6 is 38.9 Å². The normalized spacial score (nSPS) is 10.3. The Hall–Kier alpha value is -0.780. The van der Waals surface area contributed by atoms with Gasteiger partial charge in [-0.25, -0.2) is 4.98 Å². The van der Waals surface area contributed by atoms with Gasteiger partial charge in [0.2, 0.25) is 0 Å². The molecule has 17 heavy (non-hydrogen) atoms. The van der Waals surface area contributed by atoms with E-state index in [-0.39, 0.29) is 0 Å². The second-order valence-corrected chi connectivity index (χ2v) is 5.84. The van der Waals surface area contributed by atoms with Gasteiger partial charge in [0.05, 0.1) is 21.6 Å². The first kappa shape index (κ1) is 12.7. The predicted octanol–water partition coefficient (Wildman–Crippen LogP) is 4.75. The molecule has 2 rings (SSSR count). The molecule has 1 heterocycles. The minimum atomic E-state index is 0.502. The zero-order valence-electron chi connectivity index (χ0n) is 8.94. The van der Waals surface area contributed by atoms with Crippen LogP contribution in [-0.2, 0) is 0 Å². The van der Waals surface area contributed by atoms with Crippen LogP contribution in [0.15, 0.2) is 28.2 Å². The van der Waals surface area contributed by atoms with Crippen molar-refractivity contribution in [2.24, 2.45) is 0 Å². The second-order valence-electron chi connectivity index (χ2n) is 3.06. The molecular weight excluding hydrogens is 326 g/mol. The van der Waals surface area contributed by atoms with Gasteiger partial charge < -0.3 is 9.47 Å². The van der Waals surface area contributed by atoms with Gasteiger partial charge in [-0.3, -0.25) is 0 Å². The summed E-state index contributed by atoms with van der Waals surface area (Å²) in [4.78, 5) is 4.07. The van der Waals surface area contributed by atoms with Crippen LogP contribution in [0, 0.1) is 0 Å². The van der Waals surface area contributed by atoms with Gasteiger partial charge in [-0.1, -0.05) is 22.9 Å². The second kappa shape index (κ2) is 5.71. The highest BCUT2D eigenvalue weighted by Crippen LogP contribution is 2.35. The molecule has 0 N–H and O–H groups in total. The minimum Gasteiger partial charge on any atom is -0.494 e. The number of halogens is 2. The fourth-order valence-electron chi connectivity index (χ4n) is 1.20. The van der Waals surface area contributed by atoms with E-state index in [9.17, 15) is 0 Å². The Morgan fingerprint density at radius 3 is 2.88 bits per heavy atom. The topological polar surface area (TPSA) is 31.4 Å². The third kappa shape index (κ3) is 3.34. The molecule has 0 fully saturated rings. The lowest BCUT2D eigenvalue weighted by atomic mass is 10.3. The number of hydrogen-bond donors (Lipinski definition) is 0. The highest BCUT2D eigenvalue weighted by atomic mass is 79.9. The van der Waals surface area contributed by atoms with Gasteiger partial charge >= 0.3 is 0 Å². The zero-order chi connectivity index (χ0) is 12.3. The summed E-state index contributed by atoms with van der Waals surface area (Å²) in [7, 11) is 0. The van der Waals surface area contributed by atoms with Crippen LogP contribution in [0.5, 0.6) is 16.7 Å². The summed E-state index contributed by atoms with van der Waals surface area (Å²) in [6.07, 6.45) is 1.68. The van der Waals surface area contributed by atoms with Crippen LogP contribution in [0.4, 0.5) is 0 Å². The van der Waals surface area contributed by atoms with Crippen LogP contribution in [0.1, 0.15) is 6.92 Å². The summed E-state index contributed by atoms with van der Waals surface area (Å²) in [5.41, 5.74) is 0. The van der Waals surface area contributed by atoms with Crippen molar-refractivity contribution in [3.8, 4) is 16.7 Å². The summed E-state index contributed by atoms with van der Waals surface area (Å²) in [6.45, 7) is 2.53.